The molecular formula is C15H11Cl2IN2O2S. The van der Waals surface area contributed by atoms with Gasteiger partial charge in [0.1, 0.15) is 5.75 Å². The monoisotopic (exact) mass is 480 g/mol. The number of para-hydroxylation sites is 1. The van der Waals surface area contributed by atoms with Gasteiger partial charge in [0.05, 0.1) is 10.7 Å². The van der Waals surface area contributed by atoms with Crippen molar-refractivity contribution in [3.8, 4) is 5.75 Å². The minimum absolute atomic E-state index is 0.199. The van der Waals surface area contributed by atoms with Crippen LogP contribution in [0.2, 0.25) is 10.0 Å². The van der Waals surface area contributed by atoms with E-state index in [2.05, 4.69) is 33.2 Å². The van der Waals surface area contributed by atoms with Gasteiger partial charge in [-0.15, -0.1) is 0 Å². The van der Waals surface area contributed by atoms with Gasteiger partial charge in [-0.25, -0.2) is 0 Å². The van der Waals surface area contributed by atoms with Gasteiger partial charge in [0.25, 0.3) is 5.91 Å². The highest BCUT2D eigenvalue weighted by Gasteiger charge is 2.09. The van der Waals surface area contributed by atoms with Gasteiger partial charge >= 0.3 is 0 Å². The highest BCUT2D eigenvalue weighted by molar-refractivity contribution is 14.1. The summed E-state index contributed by atoms with van der Waals surface area (Å²) in [5, 5.41) is 6.52. The van der Waals surface area contributed by atoms with E-state index in [9.17, 15) is 4.79 Å². The molecule has 0 atom stereocenters. The molecule has 2 rings (SSSR count). The lowest BCUT2D eigenvalue weighted by atomic mass is 10.3. The Morgan fingerprint density at radius 1 is 1.22 bits per heavy atom. The highest BCUT2D eigenvalue weighted by Crippen LogP contribution is 2.27. The van der Waals surface area contributed by atoms with Crippen molar-refractivity contribution < 1.29 is 9.53 Å². The molecule has 8 heteroatoms. The number of halogens is 3. The Kier molecular flexibility index (Phi) is 6.88. The average molecular weight is 481 g/mol. The fourth-order valence-corrected chi connectivity index (χ4v) is 2.82. The number of carbonyl (C=O) groups excluding carboxylic acids is 1. The summed E-state index contributed by atoms with van der Waals surface area (Å²) in [6, 6.07) is 12.4. The zero-order chi connectivity index (χ0) is 16.8. The first-order chi connectivity index (χ1) is 11.0. The first kappa shape index (κ1) is 18.3. The van der Waals surface area contributed by atoms with Crippen molar-refractivity contribution in [1.29, 1.82) is 0 Å². The molecule has 2 N–H and O–H groups in total. The fraction of sp³-hybridized carbons (Fsp3) is 0.0667. The zero-order valence-corrected chi connectivity index (χ0v) is 16.1. The Balaban J connectivity index is 1.85. The van der Waals surface area contributed by atoms with Crippen molar-refractivity contribution in [2.24, 2.45) is 0 Å². The molecule has 0 aromatic heterocycles. The quantitative estimate of drug-likeness (QED) is 0.500. The number of nitrogens with one attached hydrogen (secondary N) is 2. The Hall–Kier alpha value is -1.09. The third-order valence-electron chi connectivity index (χ3n) is 2.63. The molecule has 0 heterocycles. The van der Waals surface area contributed by atoms with Gasteiger partial charge in [-0.3, -0.25) is 10.1 Å². The molecule has 0 unspecified atom stereocenters. The Morgan fingerprint density at radius 3 is 2.65 bits per heavy atom. The first-order valence-corrected chi connectivity index (χ1v) is 8.63. The molecule has 0 aliphatic heterocycles. The number of rotatable bonds is 4. The van der Waals surface area contributed by atoms with Crippen LogP contribution in [0, 0.1) is 3.57 Å². The molecule has 0 saturated heterocycles. The van der Waals surface area contributed by atoms with Crippen LogP contribution >= 0.6 is 58.0 Å². The SMILES string of the molecule is O=C(COc1ccc(Cl)cc1Cl)NC(=S)Nc1ccccc1I. The molecule has 2 aromatic rings. The van der Waals surface area contributed by atoms with Crippen molar-refractivity contribution >= 4 is 74.7 Å². The minimum atomic E-state index is -0.389. The summed E-state index contributed by atoms with van der Waals surface area (Å²) in [6.45, 7) is -0.213. The second-order valence-electron chi connectivity index (χ2n) is 4.35. The number of hydrogen-bond acceptors (Lipinski definition) is 3. The molecular weight excluding hydrogens is 470 g/mol. The van der Waals surface area contributed by atoms with Crippen molar-refractivity contribution in [2.75, 3.05) is 11.9 Å². The second-order valence-corrected chi connectivity index (χ2v) is 6.76. The predicted molar refractivity (Wildman–Crippen MR) is 105 cm³/mol. The maximum atomic E-state index is 11.8. The van der Waals surface area contributed by atoms with E-state index in [4.69, 9.17) is 40.2 Å². The summed E-state index contributed by atoms with van der Waals surface area (Å²) in [7, 11) is 0. The van der Waals surface area contributed by atoms with Crippen LogP contribution < -0.4 is 15.4 Å². The van der Waals surface area contributed by atoms with E-state index in [-0.39, 0.29) is 17.6 Å². The molecule has 0 aliphatic rings. The van der Waals surface area contributed by atoms with E-state index in [1.54, 1.807) is 18.2 Å². The number of anilines is 1. The Labute approximate surface area is 162 Å². The molecule has 0 spiro atoms. The third-order valence-corrected chi connectivity index (χ3v) is 4.30. The van der Waals surface area contributed by atoms with Gasteiger partial charge in [0.15, 0.2) is 11.7 Å². The summed E-state index contributed by atoms with van der Waals surface area (Å²) >= 11 is 19.0. The number of thiocarbonyl (C=S) groups is 1. The molecule has 0 fully saturated rings. The molecule has 23 heavy (non-hydrogen) atoms. The maximum absolute atomic E-state index is 11.8. The summed E-state index contributed by atoms with van der Waals surface area (Å²) in [5.74, 6) is -0.0119. The van der Waals surface area contributed by atoms with Crippen molar-refractivity contribution in [3.05, 3.63) is 56.1 Å². The molecule has 0 saturated carbocycles. The van der Waals surface area contributed by atoms with Gasteiger partial charge in [0.2, 0.25) is 0 Å². The average Bonchev–Trinajstić information content (AvgIpc) is 2.48. The van der Waals surface area contributed by atoms with Crippen molar-refractivity contribution in [2.45, 2.75) is 0 Å². The molecule has 4 nitrogen and oxygen atoms in total. The molecule has 120 valence electrons. The second kappa shape index (κ2) is 8.68. The van der Waals surface area contributed by atoms with Crippen LogP contribution in [0.1, 0.15) is 0 Å². The fourth-order valence-electron chi connectivity index (χ4n) is 1.61. The Bertz CT molecular complexity index is 743. The van der Waals surface area contributed by atoms with Crippen LogP contribution in [-0.4, -0.2) is 17.6 Å². The topological polar surface area (TPSA) is 50.4 Å². The van der Waals surface area contributed by atoms with E-state index in [1.807, 2.05) is 24.3 Å². The Morgan fingerprint density at radius 2 is 1.96 bits per heavy atom. The predicted octanol–water partition coefficient (Wildman–Crippen LogP) is 4.49. The molecule has 1 amide bonds. The molecule has 0 aliphatic carbocycles. The van der Waals surface area contributed by atoms with Crippen molar-refractivity contribution in [3.63, 3.8) is 0 Å². The number of benzene rings is 2. The lowest BCUT2D eigenvalue weighted by Crippen LogP contribution is -2.37. The molecule has 0 bridgehead atoms. The molecule has 2 aromatic carbocycles. The van der Waals surface area contributed by atoms with E-state index in [0.717, 1.165) is 9.26 Å². The zero-order valence-electron chi connectivity index (χ0n) is 11.6. The number of carbonyl (C=O) groups is 1. The third kappa shape index (κ3) is 5.80. The standard InChI is InChI=1S/C15H11Cl2IN2O2S/c16-9-5-6-13(10(17)7-9)22-8-14(21)20-15(23)19-12-4-2-1-3-11(12)18/h1-7H,8H2,(H2,19,20,21,23). The summed E-state index contributed by atoms with van der Waals surface area (Å²) in [6.07, 6.45) is 0. The van der Waals surface area contributed by atoms with Gasteiger partial charge in [0, 0.05) is 8.59 Å². The summed E-state index contributed by atoms with van der Waals surface area (Å²) < 4.78 is 6.33. The van der Waals surface area contributed by atoms with Crippen LogP contribution in [-0.2, 0) is 4.79 Å². The molecule has 0 radical (unpaired) electrons. The van der Waals surface area contributed by atoms with Gasteiger partial charge in [-0.05, 0) is 65.1 Å². The van der Waals surface area contributed by atoms with E-state index in [0.29, 0.717) is 15.8 Å². The lowest BCUT2D eigenvalue weighted by molar-refractivity contribution is -0.121. The van der Waals surface area contributed by atoms with Gasteiger partial charge < -0.3 is 10.1 Å². The smallest absolute Gasteiger partial charge is 0.264 e. The van der Waals surface area contributed by atoms with Crippen LogP contribution in [0.25, 0.3) is 0 Å². The van der Waals surface area contributed by atoms with E-state index >= 15 is 0 Å². The summed E-state index contributed by atoms with van der Waals surface area (Å²) in [4.78, 5) is 11.8. The lowest BCUT2D eigenvalue weighted by Gasteiger charge is -2.12. The normalized spacial score (nSPS) is 10.0. The van der Waals surface area contributed by atoms with Crippen LogP contribution in [0.5, 0.6) is 5.75 Å². The van der Waals surface area contributed by atoms with Gasteiger partial charge in [-0.1, -0.05) is 35.3 Å². The van der Waals surface area contributed by atoms with E-state index < -0.39 is 0 Å². The van der Waals surface area contributed by atoms with Crippen LogP contribution in [0.4, 0.5) is 5.69 Å². The largest absolute Gasteiger partial charge is 0.482 e. The van der Waals surface area contributed by atoms with Gasteiger partial charge in [-0.2, -0.15) is 0 Å². The number of hydrogen-bond donors (Lipinski definition) is 2. The maximum Gasteiger partial charge on any atom is 0.264 e. The summed E-state index contributed by atoms with van der Waals surface area (Å²) in [5.41, 5.74) is 0.820. The van der Waals surface area contributed by atoms with Crippen LogP contribution in [0.3, 0.4) is 0 Å². The number of ether oxygens (including phenoxy) is 1. The van der Waals surface area contributed by atoms with Crippen molar-refractivity contribution in [1.82, 2.24) is 5.32 Å². The highest BCUT2D eigenvalue weighted by atomic mass is 127. The minimum Gasteiger partial charge on any atom is -0.482 e. The number of amides is 1. The first-order valence-electron chi connectivity index (χ1n) is 6.39. The van der Waals surface area contributed by atoms with Crippen LogP contribution in [0.15, 0.2) is 42.5 Å². The van der Waals surface area contributed by atoms with E-state index in [1.165, 1.54) is 0 Å².